The average molecular weight is 288 g/mol. The lowest BCUT2D eigenvalue weighted by Gasteiger charge is -2.27. The van der Waals surface area contributed by atoms with Gasteiger partial charge in [-0.25, -0.2) is 13.8 Å². The molecule has 1 aliphatic carbocycles. The molecule has 7 heteroatoms. The number of alkyl halides is 2. The van der Waals surface area contributed by atoms with E-state index in [2.05, 4.69) is 4.99 Å². The van der Waals surface area contributed by atoms with Crippen LogP contribution in [-0.2, 0) is 10.3 Å². The van der Waals surface area contributed by atoms with E-state index in [1.165, 1.54) is 0 Å². The Morgan fingerprint density at radius 2 is 2.16 bits per heavy atom. The van der Waals surface area contributed by atoms with Crippen LogP contribution in [0.3, 0.4) is 0 Å². The first-order valence-electron chi connectivity index (χ1n) is 5.80. The van der Waals surface area contributed by atoms with Gasteiger partial charge in [0.25, 0.3) is 12.4 Å². The van der Waals surface area contributed by atoms with Crippen LogP contribution < -0.4 is 11.5 Å². The average Bonchev–Trinajstić information content (AvgIpc) is 3.06. The summed E-state index contributed by atoms with van der Waals surface area (Å²) in [6, 6.07) is 3.54. The maximum Gasteiger partial charge on any atom is 0.283 e. The quantitative estimate of drug-likeness (QED) is 0.818. The van der Waals surface area contributed by atoms with Crippen molar-refractivity contribution in [3.8, 4) is 0 Å². The van der Waals surface area contributed by atoms with E-state index in [0.717, 1.165) is 0 Å². The van der Waals surface area contributed by atoms with E-state index < -0.39 is 24.0 Å². The van der Waals surface area contributed by atoms with Gasteiger partial charge < -0.3 is 16.2 Å². The molecular weight excluding hydrogens is 276 g/mol. The van der Waals surface area contributed by atoms with Gasteiger partial charge in [-0.1, -0.05) is 11.6 Å². The zero-order valence-corrected chi connectivity index (χ0v) is 10.6. The van der Waals surface area contributed by atoms with Crippen molar-refractivity contribution in [1.29, 1.82) is 0 Å². The van der Waals surface area contributed by atoms with Crippen molar-refractivity contribution in [2.45, 2.75) is 24.5 Å². The standard InChI is InChI=1S/C12H12ClF2N3O/c13-8-2-1-5(16)3-6(8)12-4-7(12)9(10(14)15)18-11(17)19-12/h1-3,7,9-10H,4,16H2,(H2,17,18). The molecule has 1 aliphatic heterocycles. The molecule has 4 N–H and O–H groups in total. The Labute approximate surface area is 113 Å². The number of fused-ring (bicyclic) bond motifs is 1. The largest absolute Gasteiger partial charge is 0.453 e. The van der Waals surface area contributed by atoms with Crippen LogP contribution >= 0.6 is 11.6 Å². The van der Waals surface area contributed by atoms with E-state index in [1.807, 2.05) is 0 Å². The molecule has 0 radical (unpaired) electrons. The lowest BCUT2D eigenvalue weighted by atomic mass is 10.0. The minimum Gasteiger partial charge on any atom is -0.453 e. The predicted molar refractivity (Wildman–Crippen MR) is 68.1 cm³/mol. The van der Waals surface area contributed by atoms with E-state index in [-0.39, 0.29) is 6.02 Å². The number of benzene rings is 1. The molecule has 3 rings (SSSR count). The molecule has 0 spiro atoms. The van der Waals surface area contributed by atoms with Crippen molar-refractivity contribution in [3.05, 3.63) is 28.8 Å². The first-order chi connectivity index (χ1) is 8.94. The van der Waals surface area contributed by atoms with Gasteiger partial charge in [0, 0.05) is 28.6 Å². The van der Waals surface area contributed by atoms with Crippen LogP contribution in [0.4, 0.5) is 14.5 Å². The van der Waals surface area contributed by atoms with Gasteiger partial charge >= 0.3 is 0 Å². The van der Waals surface area contributed by atoms with Crippen molar-refractivity contribution in [3.63, 3.8) is 0 Å². The van der Waals surface area contributed by atoms with Crippen molar-refractivity contribution >= 4 is 23.3 Å². The SMILES string of the molecule is NC1=NC(C(F)F)C2CC2(c2cc(N)ccc2Cl)O1. The minimum absolute atomic E-state index is 0.224. The van der Waals surface area contributed by atoms with E-state index in [1.54, 1.807) is 18.2 Å². The molecule has 1 aromatic carbocycles. The van der Waals surface area contributed by atoms with Crippen molar-refractivity contribution in [1.82, 2.24) is 0 Å². The minimum atomic E-state index is -2.57. The number of aliphatic imine (C=N–C) groups is 1. The van der Waals surface area contributed by atoms with Crippen LogP contribution in [0.2, 0.25) is 5.02 Å². The summed E-state index contributed by atoms with van der Waals surface area (Å²) in [6.45, 7) is 0. The van der Waals surface area contributed by atoms with Crippen LogP contribution in [-0.4, -0.2) is 18.5 Å². The summed E-state index contributed by atoms with van der Waals surface area (Å²) in [5, 5.41) is 0.430. The fraction of sp³-hybridized carbons (Fsp3) is 0.417. The zero-order valence-electron chi connectivity index (χ0n) is 9.82. The summed E-state index contributed by atoms with van der Waals surface area (Å²) in [4.78, 5) is 3.67. The molecule has 1 saturated carbocycles. The van der Waals surface area contributed by atoms with E-state index in [9.17, 15) is 8.78 Å². The summed E-state index contributed by atoms with van der Waals surface area (Å²) in [7, 11) is 0. The van der Waals surface area contributed by atoms with Gasteiger partial charge in [-0.3, -0.25) is 0 Å². The molecule has 3 unspecified atom stereocenters. The summed E-state index contributed by atoms with van der Waals surface area (Å²) < 4.78 is 31.4. The van der Waals surface area contributed by atoms with Gasteiger partial charge in [0.2, 0.25) is 0 Å². The Balaban J connectivity index is 2.03. The number of hydrogen-bond donors (Lipinski definition) is 2. The third kappa shape index (κ3) is 1.82. The van der Waals surface area contributed by atoms with E-state index in [0.29, 0.717) is 22.7 Å². The first kappa shape index (κ1) is 12.5. The molecule has 0 saturated heterocycles. The van der Waals surface area contributed by atoms with E-state index >= 15 is 0 Å². The lowest BCUT2D eigenvalue weighted by molar-refractivity contribution is 0.0561. The number of anilines is 1. The third-order valence-corrected chi connectivity index (χ3v) is 3.97. The van der Waals surface area contributed by atoms with Crippen LogP contribution in [0.25, 0.3) is 0 Å². The number of ether oxygens (including phenoxy) is 1. The molecular formula is C12H12ClF2N3O. The molecule has 3 atom stereocenters. The van der Waals surface area contributed by atoms with Gasteiger partial charge in [-0.05, 0) is 18.2 Å². The Bertz CT molecular complexity index is 566. The second-order valence-corrected chi connectivity index (χ2v) is 5.24. The van der Waals surface area contributed by atoms with Crippen LogP contribution in [0.1, 0.15) is 12.0 Å². The Morgan fingerprint density at radius 3 is 2.84 bits per heavy atom. The molecule has 0 aromatic heterocycles. The van der Waals surface area contributed by atoms with Crippen LogP contribution in [0.15, 0.2) is 23.2 Å². The van der Waals surface area contributed by atoms with Gasteiger partial charge in [0.15, 0.2) is 0 Å². The zero-order chi connectivity index (χ0) is 13.8. The molecule has 0 bridgehead atoms. The fourth-order valence-electron chi connectivity index (χ4n) is 2.70. The number of rotatable bonds is 2. The molecule has 0 amide bonds. The maximum absolute atomic E-state index is 13.0. The number of nitrogen functional groups attached to an aromatic ring is 1. The summed E-state index contributed by atoms with van der Waals surface area (Å²) in [5.74, 6) is -0.418. The Kier molecular flexibility index (Phi) is 2.60. The first-order valence-corrected chi connectivity index (χ1v) is 6.18. The smallest absolute Gasteiger partial charge is 0.283 e. The second kappa shape index (κ2) is 3.96. The lowest BCUT2D eigenvalue weighted by Crippen LogP contribution is -2.37. The molecule has 1 fully saturated rings. The van der Waals surface area contributed by atoms with Crippen LogP contribution in [0, 0.1) is 5.92 Å². The third-order valence-electron chi connectivity index (χ3n) is 3.64. The monoisotopic (exact) mass is 287 g/mol. The van der Waals surface area contributed by atoms with E-state index in [4.69, 9.17) is 27.8 Å². The number of halogens is 3. The highest BCUT2D eigenvalue weighted by Crippen LogP contribution is 2.61. The summed E-state index contributed by atoms with van der Waals surface area (Å²) in [5.41, 5.74) is 11.4. The van der Waals surface area contributed by atoms with Gasteiger partial charge in [0.05, 0.1) is 0 Å². The molecule has 1 aromatic rings. The molecule has 4 nitrogen and oxygen atoms in total. The molecule has 2 aliphatic rings. The van der Waals surface area contributed by atoms with Gasteiger partial charge in [-0.2, -0.15) is 0 Å². The van der Waals surface area contributed by atoms with Crippen molar-refractivity contribution in [2.75, 3.05) is 5.73 Å². The van der Waals surface area contributed by atoms with Crippen molar-refractivity contribution < 1.29 is 13.5 Å². The molecule has 102 valence electrons. The number of hydrogen-bond acceptors (Lipinski definition) is 4. The Morgan fingerprint density at radius 1 is 1.42 bits per heavy atom. The second-order valence-electron chi connectivity index (χ2n) is 4.83. The topological polar surface area (TPSA) is 73.6 Å². The van der Waals surface area contributed by atoms with Crippen LogP contribution in [0.5, 0.6) is 0 Å². The van der Waals surface area contributed by atoms with Gasteiger partial charge in [-0.15, -0.1) is 0 Å². The highest BCUT2D eigenvalue weighted by molar-refractivity contribution is 6.31. The summed E-state index contributed by atoms with van der Waals surface area (Å²) in [6.07, 6.45) is -2.16. The highest BCUT2D eigenvalue weighted by Gasteiger charge is 2.66. The molecule has 1 heterocycles. The highest BCUT2D eigenvalue weighted by atomic mass is 35.5. The Hall–Kier alpha value is -1.56. The fourth-order valence-corrected chi connectivity index (χ4v) is 2.97. The normalized spacial score (nSPS) is 32.5. The molecule has 19 heavy (non-hydrogen) atoms. The summed E-state index contributed by atoms with van der Waals surface area (Å²) >= 11 is 6.12. The van der Waals surface area contributed by atoms with Gasteiger partial charge in [0.1, 0.15) is 11.6 Å². The van der Waals surface area contributed by atoms with Crippen molar-refractivity contribution in [2.24, 2.45) is 16.6 Å². The predicted octanol–water partition coefficient (Wildman–Crippen LogP) is 2.12. The number of nitrogens with two attached hydrogens (primary N) is 2. The number of nitrogens with zero attached hydrogens (tertiary/aromatic N) is 1. The maximum atomic E-state index is 13.0. The number of amidine groups is 1.